The summed E-state index contributed by atoms with van der Waals surface area (Å²) < 4.78 is 5.54. The number of ether oxygens (including phenoxy) is 1. The number of amides is 2. The van der Waals surface area contributed by atoms with Gasteiger partial charge < -0.3 is 14.5 Å². The fraction of sp³-hybridized carbons (Fsp3) is 0.632. The molecule has 26 heavy (non-hydrogen) atoms. The van der Waals surface area contributed by atoms with Gasteiger partial charge in [-0.1, -0.05) is 13.8 Å². The number of piperazine rings is 1. The average molecular weight is 380 g/mol. The first-order valence-electron chi connectivity index (χ1n) is 8.91. The van der Waals surface area contributed by atoms with E-state index in [1.54, 1.807) is 17.2 Å². The van der Waals surface area contributed by atoms with Crippen LogP contribution in [0.15, 0.2) is 23.4 Å². The monoisotopic (exact) mass is 379 g/mol. The van der Waals surface area contributed by atoms with Crippen LogP contribution in [0.4, 0.5) is 4.79 Å². The standard InChI is InChI=1S/C19H29N3O3S/c1-13(2)15-12-21(9-10-22(15)18(24)25-19(3,4)5)17(23)14-7-8-20-16(11-14)26-6/h7-8,11,13,15H,9-10,12H2,1-6H3/t15-/m1/s1. The van der Waals surface area contributed by atoms with Crippen molar-refractivity contribution in [3.8, 4) is 0 Å². The zero-order valence-corrected chi connectivity index (χ0v) is 17.3. The van der Waals surface area contributed by atoms with Crippen molar-refractivity contribution in [2.24, 2.45) is 5.92 Å². The summed E-state index contributed by atoms with van der Waals surface area (Å²) in [6, 6.07) is 3.49. The topological polar surface area (TPSA) is 62.7 Å². The van der Waals surface area contributed by atoms with Crippen LogP contribution in [0.5, 0.6) is 0 Å². The number of pyridine rings is 1. The maximum atomic E-state index is 12.9. The van der Waals surface area contributed by atoms with E-state index in [2.05, 4.69) is 18.8 Å². The Hall–Kier alpha value is -1.76. The minimum Gasteiger partial charge on any atom is -0.444 e. The fourth-order valence-corrected chi connectivity index (χ4v) is 3.36. The molecule has 1 aliphatic rings. The molecule has 0 aliphatic carbocycles. The summed E-state index contributed by atoms with van der Waals surface area (Å²) in [4.78, 5) is 33.3. The number of rotatable bonds is 3. The lowest BCUT2D eigenvalue weighted by Gasteiger charge is -2.43. The molecule has 1 aromatic rings. The van der Waals surface area contributed by atoms with E-state index in [4.69, 9.17) is 4.74 Å². The van der Waals surface area contributed by atoms with Gasteiger partial charge in [-0.05, 0) is 45.1 Å². The van der Waals surface area contributed by atoms with E-state index in [-0.39, 0.29) is 24.0 Å². The Morgan fingerprint density at radius 2 is 2.00 bits per heavy atom. The van der Waals surface area contributed by atoms with Gasteiger partial charge in [-0.2, -0.15) is 0 Å². The molecule has 1 fully saturated rings. The number of aromatic nitrogens is 1. The molecular weight excluding hydrogens is 350 g/mol. The highest BCUT2D eigenvalue weighted by Crippen LogP contribution is 2.22. The van der Waals surface area contributed by atoms with Gasteiger partial charge in [0.05, 0.1) is 11.1 Å². The predicted octanol–water partition coefficient (Wildman–Crippen LogP) is 3.52. The number of nitrogens with zero attached hydrogens (tertiary/aromatic N) is 3. The highest BCUT2D eigenvalue weighted by Gasteiger charge is 2.36. The van der Waals surface area contributed by atoms with E-state index >= 15 is 0 Å². The lowest BCUT2D eigenvalue weighted by Crippen LogP contribution is -2.59. The third kappa shape index (κ3) is 5.13. The Labute approximate surface area is 160 Å². The Bertz CT molecular complexity index is 658. The number of thioether (sulfide) groups is 1. The Morgan fingerprint density at radius 3 is 2.58 bits per heavy atom. The van der Waals surface area contributed by atoms with Crippen LogP contribution in [-0.4, -0.2) is 64.3 Å². The van der Waals surface area contributed by atoms with Gasteiger partial charge in [0.15, 0.2) is 0 Å². The molecule has 7 heteroatoms. The largest absolute Gasteiger partial charge is 0.444 e. The molecule has 144 valence electrons. The van der Waals surface area contributed by atoms with Crippen LogP contribution in [0.2, 0.25) is 0 Å². The Kier molecular flexibility index (Phi) is 6.55. The van der Waals surface area contributed by atoms with Crippen LogP contribution < -0.4 is 0 Å². The summed E-state index contributed by atoms with van der Waals surface area (Å²) in [5, 5.41) is 0.823. The second-order valence-corrected chi connectivity index (χ2v) is 8.65. The maximum absolute atomic E-state index is 12.9. The fourth-order valence-electron chi connectivity index (χ4n) is 2.95. The number of hydrogen-bond acceptors (Lipinski definition) is 5. The Morgan fingerprint density at radius 1 is 1.31 bits per heavy atom. The zero-order valence-electron chi connectivity index (χ0n) is 16.5. The summed E-state index contributed by atoms with van der Waals surface area (Å²) >= 11 is 1.51. The van der Waals surface area contributed by atoms with Gasteiger partial charge in [0, 0.05) is 31.4 Å². The lowest BCUT2D eigenvalue weighted by atomic mass is 9.99. The smallest absolute Gasteiger partial charge is 0.410 e. The molecule has 0 aromatic carbocycles. The van der Waals surface area contributed by atoms with E-state index in [9.17, 15) is 9.59 Å². The van der Waals surface area contributed by atoms with Gasteiger partial charge in [-0.3, -0.25) is 4.79 Å². The molecule has 1 aliphatic heterocycles. The number of carbonyl (C=O) groups is 2. The first kappa shape index (κ1) is 20.6. The molecule has 6 nitrogen and oxygen atoms in total. The minimum atomic E-state index is -0.531. The van der Waals surface area contributed by atoms with Crippen LogP contribution >= 0.6 is 11.8 Å². The van der Waals surface area contributed by atoms with Gasteiger partial charge in [-0.25, -0.2) is 9.78 Å². The molecule has 1 aromatic heterocycles. The highest BCUT2D eigenvalue weighted by atomic mass is 32.2. The van der Waals surface area contributed by atoms with Gasteiger partial charge >= 0.3 is 6.09 Å². The van der Waals surface area contributed by atoms with Crippen molar-refractivity contribution < 1.29 is 14.3 Å². The molecule has 0 N–H and O–H groups in total. The quantitative estimate of drug-likeness (QED) is 0.752. The van der Waals surface area contributed by atoms with Gasteiger partial charge in [0.25, 0.3) is 5.91 Å². The third-order valence-electron chi connectivity index (χ3n) is 4.29. The lowest BCUT2D eigenvalue weighted by molar-refractivity contribution is -0.00793. The predicted molar refractivity (Wildman–Crippen MR) is 103 cm³/mol. The average Bonchev–Trinajstić information content (AvgIpc) is 2.59. The summed E-state index contributed by atoms with van der Waals surface area (Å²) in [5.41, 5.74) is 0.106. The summed E-state index contributed by atoms with van der Waals surface area (Å²) in [7, 11) is 0. The van der Waals surface area contributed by atoms with E-state index < -0.39 is 5.60 Å². The molecule has 2 heterocycles. The van der Waals surface area contributed by atoms with Crippen molar-refractivity contribution in [3.05, 3.63) is 23.9 Å². The molecule has 2 amide bonds. The second-order valence-electron chi connectivity index (χ2n) is 7.82. The molecule has 0 spiro atoms. The second kappa shape index (κ2) is 8.29. The van der Waals surface area contributed by atoms with Crippen LogP contribution in [-0.2, 0) is 4.74 Å². The Balaban J connectivity index is 2.13. The van der Waals surface area contributed by atoms with Crippen molar-refractivity contribution >= 4 is 23.8 Å². The normalized spacial score (nSPS) is 18.2. The highest BCUT2D eigenvalue weighted by molar-refractivity contribution is 7.98. The SMILES string of the molecule is CSc1cc(C(=O)N2CCN(C(=O)OC(C)(C)C)[C@@H](C(C)C)C2)ccn1. The van der Waals surface area contributed by atoms with Gasteiger partial charge in [0.2, 0.25) is 0 Å². The van der Waals surface area contributed by atoms with Crippen molar-refractivity contribution in [2.75, 3.05) is 25.9 Å². The molecule has 0 bridgehead atoms. The van der Waals surface area contributed by atoms with Crippen LogP contribution in [0.3, 0.4) is 0 Å². The number of hydrogen-bond donors (Lipinski definition) is 0. The van der Waals surface area contributed by atoms with E-state index in [1.165, 1.54) is 11.8 Å². The van der Waals surface area contributed by atoms with Gasteiger partial charge in [-0.15, -0.1) is 11.8 Å². The molecule has 2 rings (SSSR count). The zero-order chi connectivity index (χ0) is 19.5. The van der Waals surface area contributed by atoms with Gasteiger partial charge in [0.1, 0.15) is 5.60 Å². The van der Waals surface area contributed by atoms with Crippen molar-refractivity contribution in [2.45, 2.75) is 51.3 Å². The van der Waals surface area contributed by atoms with E-state index in [1.807, 2.05) is 38.0 Å². The van der Waals surface area contributed by atoms with Crippen molar-refractivity contribution in [3.63, 3.8) is 0 Å². The summed E-state index contributed by atoms with van der Waals surface area (Å²) in [5.74, 6) is 0.203. The molecule has 0 saturated carbocycles. The summed E-state index contributed by atoms with van der Waals surface area (Å²) in [6.07, 6.45) is 3.29. The van der Waals surface area contributed by atoms with Crippen molar-refractivity contribution in [1.29, 1.82) is 0 Å². The minimum absolute atomic E-state index is 0.0165. The molecular formula is C19H29N3O3S. The molecule has 1 atom stereocenters. The first-order chi connectivity index (χ1) is 12.1. The number of carbonyl (C=O) groups excluding carboxylic acids is 2. The van der Waals surface area contributed by atoms with Crippen LogP contribution in [0.1, 0.15) is 45.0 Å². The van der Waals surface area contributed by atoms with E-state index in [0.717, 1.165) is 5.03 Å². The summed E-state index contributed by atoms with van der Waals surface area (Å²) in [6.45, 7) is 11.2. The van der Waals surface area contributed by atoms with Crippen molar-refractivity contribution in [1.82, 2.24) is 14.8 Å². The molecule has 0 radical (unpaired) electrons. The van der Waals surface area contributed by atoms with E-state index in [0.29, 0.717) is 25.2 Å². The van der Waals surface area contributed by atoms with Crippen LogP contribution in [0.25, 0.3) is 0 Å². The maximum Gasteiger partial charge on any atom is 0.410 e. The first-order valence-corrected chi connectivity index (χ1v) is 10.1. The van der Waals surface area contributed by atoms with Crippen LogP contribution in [0, 0.1) is 5.92 Å². The third-order valence-corrected chi connectivity index (χ3v) is 4.94. The molecule has 1 saturated heterocycles. The molecule has 0 unspecified atom stereocenters.